The Labute approximate surface area is 106 Å². The molecule has 2 heterocycles. The minimum absolute atomic E-state index is 0.376. The molecule has 0 saturated carbocycles. The van der Waals surface area contributed by atoms with E-state index in [9.17, 15) is 5.11 Å². The van der Waals surface area contributed by atoms with Crippen molar-refractivity contribution in [3.63, 3.8) is 0 Å². The molecule has 0 aliphatic heterocycles. The first-order valence-corrected chi connectivity index (χ1v) is 7.12. The predicted molar refractivity (Wildman–Crippen MR) is 69.7 cm³/mol. The zero-order valence-corrected chi connectivity index (χ0v) is 11.5. The number of aliphatic hydroxyl groups is 1. The van der Waals surface area contributed by atoms with E-state index in [1.165, 1.54) is 9.75 Å². The summed E-state index contributed by atoms with van der Waals surface area (Å²) < 4.78 is 1.09. The lowest BCUT2D eigenvalue weighted by Gasteiger charge is -2.05. The van der Waals surface area contributed by atoms with Gasteiger partial charge in [0.1, 0.15) is 0 Å². The minimum Gasteiger partial charge on any atom is -0.387 e. The fourth-order valence-electron chi connectivity index (χ4n) is 1.37. The van der Waals surface area contributed by atoms with Gasteiger partial charge in [-0.15, -0.1) is 22.7 Å². The Bertz CT molecular complexity index is 414. The molecule has 0 aromatic carbocycles. The fourth-order valence-corrected chi connectivity index (χ4v) is 3.66. The maximum Gasteiger partial charge on any atom is 0.0930 e. The van der Waals surface area contributed by atoms with E-state index in [4.69, 9.17) is 0 Å². The molecule has 0 aliphatic carbocycles. The molecule has 2 aromatic heterocycles. The molecule has 1 N–H and O–H groups in total. The first-order chi connectivity index (χ1) is 7.16. The van der Waals surface area contributed by atoms with Crippen LogP contribution in [0.25, 0.3) is 0 Å². The number of aryl methyl sites for hydroxylation is 1. The summed E-state index contributed by atoms with van der Waals surface area (Å²) in [5, 5.41) is 12.1. The number of rotatable bonds is 3. The first-order valence-electron chi connectivity index (χ1n) is 4.63. The molecular formula is C11H11BrOS2. The SMILES string of the molecule is Cc1sc(C(O)Cc2cccs2)cc1Br. The van der Waals surface area contributed by atoms with Crippen LogP contribution in [-0.2, 0) is 6.42 Å². The highest BCUT2D eigenvalue weighted by Crippen LogP contribution is 2.32. The number of hydrogen-bond donors (Lipinski definition) is 1. The third kappa shape index (κ3) is 2.69. The van der Waals surface area contributed by atoms with E-state index in [0.29, 0.717) is 6.42 Å². The molecule has 0 bridgehead atoms. The highest BCUT2D eigenvalue weighted by atomic mass is 79.9. The smallest absolute Gasteiger partial charge is 0.0930 e. The molecule has 0 fully saturated rings. The van der Waals surface area contributed by atoms with Crippen LogP contribution in [0, 0.1) is 6.92 Å². The van der Waals surface area contributed by atoms with Gasteiger partial charge in [-0.3, -0.25) is 0 Å². The lowest BCUT2D eigenvalue weighted by molar-refractivity contribution is 0.183. The van der Waals surface area contributed by atoms with Crippen LogP contribution in [0.15, 0.2) is 28.1 Å². The number of thiophene rings is 2. The third-order valence-electron chi connectivity index (χ3n) is 2.18. The van der Waals surface area contributed by atoms with Crippen molar-refractivity contribution in [3.8, 4) is 0 Å². The highest BCUT2D eigenvalue weighted by Gasteiger charge is 2.13. The van der Waals surface area contributed by atoms with Gasteiger partial charge in [-0.1, -0.05) is 6.07 Å². The van der Waals surface area contributed by atoms with Crippen molar-refractivity contribution < 1.29 is 5.11 Å². The standard InChI is InChI=1S/C11H11BrOS2/c1-7-9(12)6-11(15-7)10(13)5-8-3-2-4-14-8/h2-4,6,10,13H,5H2,1H3. The number of halogens is 1. The van der Waals surface area contributed by atoms with Crippen LogP contribution in [0.2, 0.25) is 0 Å². The van der Waals surface area contributed by atoms with E-state index in [0.717, 1.165) is 9.35 Å². The molecule has 2 rings (SSSR count). The van der Waals surface area contributed by atoms with Gasteiger partial charge in [0, 0.05) is 25.5 Å². The fraction of sp³-hybridized carbons (Fsp3) is 0.273. The average molecular weight is 303 g/mol. The zero-order valence-electron chi connectivity index (χ0n) is 8.24. The van der Waals surface area contributed by atoms with Gasteiger partial charge in [-0.05, 0) is 40.4 Å². The van der Waals surface area contributed by atoms with Crippen molar-refractivity contribution in [2.24, 2.45) is 0 Å². The highest BCUT2D eigenvalue weighted by molar-refractivity contribution is 9.10. The lowest BCUT2D eigenvalue weighted by atomic mass is 10.2. The van der Waals surface area contributed by atoms with Crippen LogP contribution < -0.4 is 0 Å². The van der Waals surface area contributed by atoms with Gasteiger partial charge in [0.2, 0.25) is 0 Å². The molecule has 1 unspecified atom stereocenters. The predicted octanol–water partition coefficient (Wildman–Crippen LogP) is 4.16. The Morgan fingerprint density at radius 3 is 2.87 bits per heavy atom. The van der Waals surface area contributed by atoms with Crippen molar-refractivity contribution in [2.45, 2.75) is 19.4 Å². The maximum atomic E-state index is 10.0. The monoisotopic (exact) mass is 302 g/mol. The van der Waals surface area contributed by atoms with Crippen molar-refractivity contribution in [3.05, 3.63) is 42.7 Å². The topological polar surface area (TPSA) is 20.2 Å². The summed E-state index contributed by atoms with van der Waals surface area (Å²) in [7, 11) is 0. The van der Waals surface area contributed by atoms with E-state index < -0.39 is 0 Å². The number of hydrogen-bond acceptors (Lipinski definition) is 3. The molecule has 0 radical (unpaired) electrons. The van der Waals surface area contributed by atoms with Crippen LogP contribution in [0.1, 0.15) is 20.7 Å². The summed E-state index contributed by atoms with van der Waals surface area (Å²) >= 11 is 6.81. The molecule has 4 heteroatoms. The van der Waals surface area contributed by atoms with Gasteiger partial charge < -0.3 is 5.11 Å². The van der Waals surface area contributed by atoms with Gasteiger partial charge in [0.15, 0.2) is 0 Å². The maximum absolute atomic E-state index is 10.0. The van der Waals surface area contributed by atoms with E-state index in [2.05, 4.69) is 28.9 Å². The van der Waals surface area contributed by atoms with Crippen molar-refractivity contribution in [1.29, 1.82) is 0 Å². The Hall–Kier alpha value is -0.160. The molecule has 0 saturated heterocycles. The lowest BCUT2D eigenvalue weighted by Crippen LogP contribution is -1.97. The third-order valence-corrected chi connectivity index (χ3v) is 5.32. The normalized spacial score (nSPS) is 13.0. The molecule has 2 aromatic rings. The molecule has 80 valence electrons. The largest absolute Gasteiger partial charge is 0.387 e. The van der Waals surface area contributed by atoms with Crippen molar-refractivity contribution in [1.82, 2.24) is 0 Å². The van der Waals surface area contributed by atoms with Crippen LogP contribution >= 0.6 is 38.6 Å². The quantitative estimate of drug-likeness (QED) is 0.903. The molecule has 0 amide bonds. The van der Waals surface area contributed by atoms with E-state index in [1.54, 1.807) is 22.7 Å². The van der Waals surface area contributed by atoms with E-state index in [-0.39, 0.29) is 6.10 Å². The molecule has 0 aliphatic rings. The van der Waals surface area contributed by atoms with Crippen LogP contribution in [0.4, 0.5) is 0 Å². The zero-order chi connectivity index (χ0) is 10.8. The molecule has 1 nitrogen and oxygen atoms in total. The Morgan fingerprint density at radius 2 is 2.33 bits per heavy atom. The summed E-state index contributed by atoms with van der Waals surface area (Å²) in [6.45, 7) is 2.05. The van der Waals surface area contributed by atoms with E-state index >= 15 is 0 Å². The second-order valence-electron chi connectivity index (χ2n) is 3.35. The number of aliphatic hydroxyl groups excluding tert-OH is 1. The van der Waals surface area contributed by atoms with Crippen LogP contribution in [0.5, 0.6) is 0 Å². The molecule has 1 atom stereocenters. The Balaban J connectivity index is 2.11. The molecular weight excluding hydrogens is 292 g/mol. The molecule has 15 heavy (non-hydrogen) atoms. The summed E-state index contributed by atoms with van der Waals surface area (Å²) in [6.07, 6.45) is 0.336. The van der Waals surface area contributed by atoms with Gasteiger partial charge in [0.25, 0.3) is 0 Å². The average Bonchev–Trinajstić information content (AvgIpc) is 2.78. The van der Waals surface area contributed by atoms with Gasteiger partial charge in [-0.2, -0.15) is 0 Å². The summed E-state index contributed by atoms with van der Waals surface area (Å²) in [6, 6.07) is 6.09. The van der Waals surface area contributed by atoms with E-state index in [1.807, 2.05) is 17.5 Å². The Morgan fingerprint density at radius 1 is 1.53 bits per heavy atom. The summed E-state index contributed by atoms with van der Waals surface area (Å²) in [5.74, 6) is 0. The van der Waals surface area contributed by atoms with Crippen LogP contribution in [0.3, 0.4) is 0 Å². The van der Waals surface area contributed by atoms with Crippen molar-refractivity contribution >= 4 is 38.6 Å². The van der Waals surface area contributed by atoms with Gasteiger partial charge >= 0.3 is 0 Å². The summed E-state index contributed by atoms with van der Waals surface area (Å²) in [5.41, 5.74) is 0. The second-order valence-corrected chi connectivity index (χ2v) is 6.53. The molecule has 0 spiro atoms. The second kappa shape index (κ2) is 4.78. The van der Waals surface area contributed by atoms with Gasteiger partial charge in [-0.25, -0.2) is 0 Å². The van der Waals surface area contributed by atoms with Crippen molar-refractivity contribution in [2.75, 3.05) is 0 Å². The Kier molecular flexibility index (Phi) is 3.61. The van der Waals surface area contributed by atoms with Crippen LogP contribution in [-0.4, -0.2) is 5.11 Å². The summed E-state index contributed by atoms with van der Waals surface area (Å²) in [4.78, 5) is 3.48. The first kappa shape index (κ1) is 11.3. The minimum atomic E-state index is -0.376. The van der Waals surface area contributed by atoms with Gasteiger partial charge in [0.05, 0.1) is 6.10 Å².